The van der Waals surface area contributed by atoms with Crippen LogP contribution in [0, 0.1) is 0 Å². The van der Waals surface area contributed by atoms with Gasteiger partial charge in [-0.2, -0.15) is 0 Å². The van der Waals surface area contributed by atoms with Gasteiger partial charge in [0, 0.05) is 6.42 Å². The van der Waals surface area contributed by atoms with E-state index in [1.807, 2.05) is 6.08 Å². The third-order valence-corrected chi connectivity index (χ3v) is 17.7. The molecule has 1 heterocycles. The summed E-state index contributed by atoms with van der Waals surface area (Å²) in [6, 6.07) is -1.03. The van der Waals surface area contributed by atoms with Gasteiger partial charge in [0.15, 0.2) is 12.4 Å². The van der Waals surface area contributed by atoms with Gasteiger partial charge in [0.25, 0.3) is 0 Å². The van der Waals surface area contributed by atoms with E-state index >= 15 is 0 Å². The van der Waals surface area contributed by atoms with Crippen LogP contribution in [-0.4, -0.2) is 99.6 Å². The predicted molar refractivity (Wildman–Crippen MR) is 370 cm³/mol. The van der Waals surface area contributed by atoms with E-state index in [0.29, 0.717) is 12.8 Å². The van der Waals surface area contributed by atoms with Gasteiger partial charge in [-0.3, -0.25) is 9.59 Å². The number of unbranched alkanes of at least 4 members (excludes halogenated alkanes) is 43. The molecular formula is C77H141NO10. The number of allylic oxidation sites excluding steroid dienone is 9. The highest BCUT2D eigenvalue weighted by molar-refractivity contribution is 5.80. The molecular weight excluding hydrogens is 1100 g/mol. The lowest BCUT2D eigenvalue weighted by molar-refractivity contribution is -0.305. The maximum Gasteiger partial charge on any atom is 0.306 e. The van der Waals surface area contributed by atoms with Crippen LogP contribution in [0.2, 0.25) is 0 Å². The first-order valence-corrected chi connectivity index (χ1v) is 37.6. The number of hydrogen-bond acceptors (Lipinski definition) is 10. The summed E-state index contributed by atoms with van der Waals surface area (Å²) in [7, 11) is 0. The Morgan fingerprint density at radius 1 is 0.443 bits per heavy atom. The number of carbonyl (C=O) groups is 2. The minimum absolute atomic E-state index is 0.127. The van der Waals surface area contributed by atoms with Crippen LogP contribution in [-0.2, 0) is 23.8 Å². The Balaban J connectivity index is 2.55. The molecule has 11 nitrogen and oxygen atoms in total. The summed E-state index contributed by atoms with van der Waals surface area (Å²) >= 11 is 0. The van der Waals surface area contributed by atoms with Crippen molar-refractivity contribution >= 4 is 11.9 Å². The maximum absolute atomic E-state index is 13.5. The summed E-state index contributed by atoms with van der Waals surface area (Å²) in [6.07, 6.45) is 72.6. The van der Waals surface area contributed by atoms with Gasteiger partial charge in [-0.05, 0) is 70.6 Å². The van der Waals surface area contributed by atoms with Crippen molar-refractivity contribution in [2.75, 3.05) is 13.2 Å². The quantitative estimate of drug-likeness (QED) is 0.0195. The van der Waals surface area contributed by atoms with E-state index < -0.39 is 67.4 Å². The topological polar surface area (TPSA) is 175 Å². The van der Waals surface area contributed by atoms with Gasteiger partial charge in [-0.15, -0.1) is 0 Å². The van der Waals surface area contributed by atoms with Crippen molar-refractivity contribution < 1.29 is 49.3 Å². The van der Waals surface area contributed by atoms with Gasteiger partial charge in [0.2, 0.25) is 5.91 Å². The molecule has 0 bridgehead atoms. The minimum atomic E-state index is -1.61. The van der Waals surface area contributed by atoms with Crippen molar-refractivity contribution in [3.63, 3.8) is 0 Å². The highest BCUT2D eigenvalue weighted by Crippen LogP contribution is 2.26. The summed E-state index contributed by atoms with van der Waals surface area (Å²) < 4.78 is 17.7. The molecule has 0 radical (unpaired) electrons. The lowest BCUT2D eigenvalue weighted by Gasteiger charge is -2.41. The van der Waals surface area contributed by atoms with Crippen LogP contribution in [0.15, 0.2) is 60.8 Å². The molecule has 6 N–H and O–H groups in total. The van der Waals surface area contributed by atoms with Crippen LogP contribution in [0.5, 0.6) is 0 Å². The Kier molecular flexibility index (Phi) is 61.1. The Bertz CT molecular complexity index is 1670. The van der Waals surface area contributed by atoms with Crippen molar-refractivity contribution in [1.82, 2.24) is 5.32 Å². The van der Waals surface area contributed by atoms with Crippen LogP contribution in [0.25, 0.3) is 0 Å². The number of aliphatic hydroxyl groups is 5. The molecule has 0 aromatic heterocycles. The summed E-state index contributed by atoms with van der Waals surface area (Å²) in [6.45, 7) is 5.81. The molecule has 1 fully saturated rings. The summed E-state index contributed by atoms with van der Waals surface area (Å²) in [5, 5.41) is 57.3. The summed E-state index contributed by atoms with van der Waals surface area (Å²) in [4.78, 5) is 26.7. The molecule has 88 heavy (non-hydrogen) atoms. The number of carbonyl (C=O) groups excluding carboxylic acids is 2. The van der Waals surface area contributed by atoms with Crippen LogP contribution in [0.1, 0.15) is 355 Å². The Hall–Kier alpha value is -2.64. The first-order valence-electron chi connectivity index (χ1n) is 37.6. The minimum Gasteiger partial charge on any atom is -0.454 e. The van der Waals surface area contributed by atoms with Crippen molar-refractivity contribution in [2.45, 2.75) is 404 Å². The molecule has 1 aliphatic rings. The standard InChI is InChI=1S/C77H141NO10/c1-4-7-10-13-16-19-22-25-27-29-31-33-35-37-38-40-42-44-46-49-52-55-58-61-64-70(81)76(85)78-68(69(80)63-60-57-54-51-48-24-21-18-15-12-9-6-3)67-86-77-75(74(84)73(83)71(66-79)87-77)88-72(82)65-62-59-56-53-50-47-45-43-41-39-36-34-32-30-28-26-23-20-17-14-11-8-5-2/h16,19,25,27,31,33,37-38,60,63,68-71,73-75,77,79-81,83-84H,4-15,17-18,20-24,26,28-30,32,34-36,39-59,61-62,64-67H2,1-3H3,(H,78,85)/b19-16-,27-25-,33-31-,38-37-,63-60+. The fourth-order valence-corrected chi connectivity index (χ4v) is 11.8. The molecule has 8 unspecified atom stereocenters. The molecule has 8 atom stereocenters. The highest BCUT2D eigenvalue weighted by Gasteiger charge is 2.47. The molecule has 0 saturated carbocycles. The number of rotatable bonds is 65. The van der Waals surface area contributed by atoms with Crippen molar-refractivity contribution in [1.29, 1.82) is 0 Å². The van der Waals surface area contributed by atoms with E-state index in [2.05, 4.69) is 74.7 Å². The van der Waals surface area contributed by atoms with Gasteiger partial charge < -0.3 is 45.1 Å². The molecule has 1 rings (SSSR count). The third kappa shape index (κ3) is 50.9. The number of esters is 1. The Labute approximate surface area is 541 Å². The predicted octanol–water partition coefficient (Wildman–Crippen LogP) is 19.7. The zero-order valence-corrected chi connectivity index (χ0v) is 57.4. The number of amides is 1. The molecule has 0 aliphatic carbocycles. The average molecular weight is 1240 g/mol. The smallest absolute Gasteiger partial charge is 0.306 e. The summed E-state index contributed by atoms with van der Waals surface area (Å²) in [5.41, 5.74) is 0. The van der Waals surface area contributed by atoms with Gasteiger partial charge in [0.1, 0.15) is 24.4 Å². The van der Waals surface area contributed by atoms with Gasteiger partial charge in [-0.1, -0.05) is 338 Å². The number of hydrogen-bond donors (Lipinski definition) is 6. The molecule has 0 aromatic carbocycles. The Morgan fingerprint density at radius 2 is 0.784 bits per heavy atom. The third-order valence-electron chi connectivity index (χ3n) is 17.7. The highest BCUT2D eigenvalue weighted by atomic mass is 16.7. The number of aliphatic hydroxyl groups excluding tert-OH is 5. The molecule has 0 aromatic rings. The second-order valence-corrected chi connectivity index (χ2v) is 26.0. The second kappa shape index (κ2) is 64.5. The second-order valence-electron chi connectivity index (χ2n) is 26.0. The zero-order valence-electron chi connectivity index (χ0n) is 57.4. The molecule has 1 saturated heterocycles. The van der Waals surface area contributed by atoms with Gasteiger partial charge in [-0.25, -0.2) is 0 Å². The molecule has 1 aliphatic heterocycles. The molecule has 1 amide bonds. The number of ether oxygens (including phenoxy) is 3. The van der Waals surface area contributed by atoms with Gasteiger partial charge in [0.05, 0.1) is 25.4 Å². The monoisotopic (exact) mass is 1240 g/mol. The first kappa shape index (κ1) is 83.4. The fraction of sp³-hybridized carbons (Fsp3) is 0.844. The Morgan fingerprint density at radius 3 is 1.19 bits per heavy atom. The maximum atomic E-state index is 13.5. The van der Waals surface area contributed by atoms with Crippen molar-refractivity contribution in [2.24, 2.45) is 0 Å². The lowest BCUT2D eigenvalue weighted by atomic mass is 9.99. The van der Waals surface area contributed by atoms with Crippen molar-refractivity contribution in [3.8, 4) is 0 Å². The van der Waals surface area contributed by atoms with Gasteiger partial charge >= 0.3 is 5.97 Å². The van der Waals surface area contributed by atoms with Crippen LogP contribution < -0.4 is 5.32 Å². The van der Waals surface area contributed by atoms with E-state index in [9.17, 15) is 35.1 Å². The zero-order chi connectivity index (χ0) is 63.9. The fourth-order valence-electron chi connectivity index (χ4n) is 11.8. The lowest BCUT2D eigenvalue weighted by Crippen LogP contribution is -2.61. The molecule has 514 valence electrons. The van der Waals surface area contributed by atoms with Crippen LogP contribution in [0.3, 0.4) is 0 Å². The van der Waals surface area contributed by atoms with E-state index in [4.69, 9.17) is 14.2 Å². The van der Waals surface area contributed by atoms with E-state index in [1.165, 1.54) is 225 Å². The van der Waals surface area contributed by atoms with E-state index in [0.717, 1.165) is 83.5 Å². The first-order chi connectivity index (χ1) is 43.2. The molecule has 11 heteroatoms. The number of nitrogens with one attached hydrogen (secondary N) is 1. The largest absolute Gasteiger partial charge is 0.454 e. The van der Waals surface area contributed by atoms with E-state index in [-0.39, 0.29) is 19.4 Å². The normalized spacial score (nSPS) is 18.5. The van der Waals surface area contributed by atoms with Crippen LogP contribution in [0.4, 0.5) is 0 Å². The van der Waals surface area contributed by atoms with E-state index in [1.54, 1.807) is 6.08 Å². The van der Waals surface area contributed by atoms with Crippen molar-refractivity contribution in [3.05, 3.63) is 60.8 Å². The van der Waals surface area contributed by atoms with Crippen LogP contribution >= 0.6 is 0 Å². The molecule has 0 spiro atoms. The SMILES string of the molecule is CCCCC/C=C\C/C=C\C/C=C\C/C=C\CCCCCCCCCCC(O)C(=O)NC(COC1OC(CO)C(O)C(O)C1OC(=O)CCCCCCCCCCCCCCCCCCCCCCCCC)C(O)/C=C/CCCCCCCCCCCC. The average Bonchev–Trinajstić information content (AvgIpc) is 3.72. The summed E-state index contributed by atoms with van der Waals surface area (Å²) in [5.74, 6) is -1.19.